The quantitative estimate of drug-likeness (QED) is 0.802. The van der Waals surface area contributed by atoms with Crippen LogP contribution in [0.15, 0.2) is 35.5 Å². The second-order valence-electron chi connectivity index (χ2n) is 6.23. The topological polar surface area (TPSA) is 93.5 Å². The van der Waals surface area contributed by atoms with Crippen LogP contribution >= 0.6 is 0 Å². The monoisotopic (exact) mass is 369 g/mol. The average Bonchev–Trinajstić information content (AvgIpc) is 2.96. The van der Waals surface area contributed by atoms with Crippen LogP contribution in [0, 0.1) is 11.7 Å². The molecule has 3 rings (SSSR count). The standard InChI is InChI=1S/C16H20FN3O4S/c1-20-9-11(8-18-20)16(10-5-12(21)6-10)19-25(22,23)13-3-4-15(24-2)14(17)7-13/h3-4,7-10,12,16,19,21H,5-6H2,1-2H3. The number of aryl methyl sites for hydroxylation is 1. The number of methoxy groups -OCH3 is 1. The highest BCUT2D eigenvalue weighted by Gasteiger charge is 2.37. The van der Waals surface area contributed by atoms with Crippen LogP contribution in [0.1, 0.15) is 24.4 Å². The first kappa shape index (κ1) is 17.8. The summed E-state index contributed by atoms with van der Waals surface area (Å²) in [5.74, 6) is -0.815. The Hall–Kier alpha value is -1.97. The fourth-order valence-corrected chi connectivity index (χ4v) is 4.29. The number of nitrogens with zero attached hydrogens (tertiary/aromatic N) is 2. The Morgan fingerprint density at radius 3 is 2.68 bits per heavy atom. The number of rotatable bonds is 6. The third-order valence-corrected chi connectivity index (χ3v) is 5.86. The van der Waals surface area contributed by atoms with Crippen molar-refractivity contribution in [3.05, 3.63) is 42.0 Å². The number of hydrogen-bond acceptors (Lipinski definition) is 5. The van der Waals surface area contributed by atoms with Gasteiger partial charge in [0.15, 0.2) is 11.6 Å². The molecule has 1 aliphatic carbocycles. The van der Waals surface area contributed by atoms with Crippen molar-refractivity contribution in [1.29, 1.82) is 0 Å². The van der Waals surface area contributed by atoms with Gasteiger partial charge in [0.1, 0.15) is 0 Å². The molecule has 1 aliphatic rings. The minimum atomic E-state index is -3.95. The number of aliphatic hydroxyl groups is 1. The number of aromatic nitrogens is 2. The molecule has 7 nitrogen and oxygen atoms in total. The van der Waals surface area contributed by atoms with Crippen LogP contribution in [-0.2, 0) is 17.1 Å². The van der Waals surface area contributed by atoms with Crippen molar-refractivity contribution in [2.24, 2.45) is 13.0 Å². The lowest BCUT2D eigenvalue weighted by Gasteiger charge is -2.37. The van der Waals surface area contributed by atoms with E-state index >= 15 is 0 Å². The van der Waals surface area contributed by atoms with Crippen molar-refractivity contribution in [2.75, 3.05) is 7.11 Å². The smallest absolute Gasteiger partial charge is 0.241 e. The minimum absolute atomic E-state index is 0.0233. The summed E-state index contributed by atoms with van der Waals surface area (Å²) in [7, 11) is -0.898. The molecule has 0 radical (unpaired) electrons. The molecule has 1 aromatic heterocycles. The summed E-state index contributed by atoms with van der Waals surface area (Å²) >= 11 is 0. The van der Waals surface area contributed by atoms with Crippen LogP contribution in [0.2, 0.25) is 0 Å². The van der Waals surface area contributed by atoms with E-state index in [-0.39, 0.29) is 16.6 Å². The zero-order valence-electron chi connectivity index (χ0n) is 13.9. The van der Waals surface area contributed by atoms with Gasteiger partial charge in [0.05, 0.1) is 30.3 Å². The van der Waals surface area contributed by atoms with E-state index in [0.29, 0.717) is 18.4 Å². The molecule has 1 aromatic carbocycles. The van der Waals surface area contributed by atoms with Crippen LogP contribution < -0.4 is 9.46 Å². The summed E-state index contributed by atoms with van der Waals surface area (Å²) in [5, 5.41) is 13.6. The summed E-state index contributed by atoms with van der Waals surface area (Å²) < 4.78 is 48.3. The van der Waals surface area contributed by atoms with Crippen LogP contribution in [-0.4, -0.2) is 36.5 Å². The molecule has 1 heterocycles. The highest BCUT2D eigenvalue weighted by atomic mass is 32.2. The van der Waals surface area contributed by atoms with E-state index in [9.17, 15) is 17.9 Å². The van der Waals surface area contributed by atoms with Gasteiger partial charge in [-0.15, -0.1) is 0 Å². The summed E-state index contributed by atoms with van der Waals surface area (Å²) in [4.78, 5) is -0.181. The summed E-state index contributed by atoms with van der Waals surface area (Å²) in [6.45, 7) is 0. The van der Waals surface area contributed by atoms with Gasteiger partial charge in [-0.25, -0.2) is 17.5 Å². The normalized spacial score (nSPS) is 21.6. The van der Waals surface area contributed by atoms with Crippen LogP contribution in [0.4, 0.5) is 4.39 Å². The van der Waals surface area contributed by atoms with Gasteiger partial charge < -0.3 is 9.84 Å². The lowest BCUT2D eigenvalue weighted by molar-refractivity contribution is 0.0280. The number of benzene rings is 1. The minimum Gasteiger partial charge on any atom is -0.494 e. The molecule has 1 atom stereocenters. The van der Waals surface area contributed by atoms with E-state index < -0.39 is 28.0 Å². The fourth-order valence-electron chi connectivity index (χ4n) is 2.99. The summed E-state index contributed by atoms with van der Waals surface area (Å²) in [6.07, 6.45) is 3.89. The van der Waals surface area contributed by atoms with Crippen molar-refractivity contribution >= 4 is 10.0 Å². The molecule has 25 heavy (non-hydrogen) atoms. The Kier molecular flexibility index (Phi) is 4.81. The van der Waals surface area contributed by atoms with Crippen LogP contribution in [0.3, 0.4) is 0 Å². The van der Waals surface area contributed by atoms with Crippen molar-refractivity contribution in [3.8, 4) is 5.75 Å². The lowest BCUT2D eigenvalue weighted by Crippen LogP contribution is -2.41. The molecular weight excluding hydrogens is 349 g/mol. The van der Waals surface area contributed by atoms with E-state index in [1.807, 2.05) is 0 Å². The maximum atomic E-state index is 13.9. The van der Waals surface area contributed by atoms with Gasteiger partial charge in [0.2, 0.25) is 10.0 Å². The van der Waals surface area contributed by atoms with E-state index in [1.54, 1.807) is 24.1 Å². The molecule has 0 amide bonds. The second kappa shape index (κ2) is 6.74. The van der Waals surface area contributed by atoms with Crippen molar-refractivity contribution in [2.45, 2.75) is 29.9 Å². The van der Waals surface area contributed by atoms with E-state index in [4.69, 9.17) is 4.74 Å². The third-order valence-electron chi connectivity index (χ3n) is 4.42. The van der Waals surface area contributed by atoms with Gasteiger partial charge in [-0.2, -0.15) is 5.10 Å². The Bertz CT molecular complexity index is 862. The van der Waals surface area contributed by atoms with Gasteiger partial charge in [0.25, 0.3) is 0 Å². The first-order chi connectivity index (χ1) is 11.8. The van der Waals surface area contributed by atoms with Crippen molar-refractivity contribution < 1.29 is 22.7 Å². The highest BCUT2D eigenvalue weighted by Crippen LogP contribution is 2.38. The molecule has 1 unspecified atom stereocenters. The predicted molar refractivity (Wildman–Crippen MR) is 88.0 cm³/mol. The SMILES string of the molecule is COc1ccc(S(=O)(=O)NC(c2cnn(C)c2)C2CC(O)C2)cc1F. The molecule has 1 saturated carbocycles. The number of nitrogens with one attached hydrogen (secondary N) is 1. The van der Waals surface area contributed by atoms with Gasteiger partial charge >= 0.3 is 0 Å². The van der Waals surface area contributed by atoms with Crippen molar-refractivity contribution in [1.82, 2.24) is 14.5 Å². The molecular formula is C16H20FN3O4S. The zero-order chi connectivity index (χ0) is 18.2. The maximum absolute atomic E-state index is 13.9. The average molecular weight is 369 g/mol. The van der Waals surface area contributed by atoms with E-state index in [0.717, 1.165) is 6.07 Å². The van der Waals surface area contributed by atoms with Crippen molar-refractivity contribution in [3.63, 3.8) is 0 Å². The van der Waals surface area contributed by atoms with E-state index in [1.165, 1.54) is 19.2 Å². The molecule has 2 N–H and O–H groups in total. The third kappa shape index (κ3) is 3.68. The predicted octanol–water partition coefficient (Wildman–Crippen LogP) is 1.36. The number of ether oxygens (including phenoxy) is 1. The largest absolute Gasteiger partial charge is 0.494 e. The highest BCUT2D eigenvalue weighted by molar-refractivity contribution is 7.89. The Morgan fingerprint density at radius 1 is 1.44 bits per heavy atom. The number of halogens is 1. The van der Waals surface area contributed by atoms with Gasteiger partial charge in [-0.3, -0.25) is 4.68 Å². The van der Waals surface area contributed by atoms with Gasteiger partial charge in [-0.1, -0.05) is 0 Å². The van der Waals surface area contributed by atoms with Crippen LogP contribution in [0.5, 0.6) is 5.75 Å². The number of hydrogen-bond donors (Lipinski definition) is 2. The van der Waals surface area contributed by atoms with E-state index in [2.05, 4.69) is 9.82 Å². The Labute approximate surface area is 145 Å². The fraction of sp³-hybridized carbons (Fsp3) is 0.438. The van der Waals surface area contributed by atoms with Gasteiger partial charge in [-0.05, 0) is 37.0 Å². The molecule has 0 saturated heterocycles. The maximum Gasteiger partial charge on any atom is 0.241 e. The van der Waals surface area contributed by atoms with Crippen LogP contribution in [0.25, 0.3) is 0 Å². The lowest BCUT2D eigenvalue weighted by atomic mass is 9.76. The summed E-state index contributed by atoms with van der Waals surface area (Å²) in [5.41, 5.74) is 0.706. The molecule has 0 spiro atoms. The molecule has 136 valence electrons. The first-order valence-electron chi connectivity index (χ1n) is 7.82. The number of aliphatic hydroxyl groups excluding tert-OH is 1. The molecule has 1 fully saturated rings. The Balaban J connectivity index is 1.88. The first-order valence-corrected chi connectivity index (χ1v) is 9.31. The Morgan fingerprint density at radius 2 is 2.16 bits per heavy atom. The molecule has 0 aliphatic heterocycles. The molecule has 2 aromatic rings. The van der Waals surface area contributed by atoms with Gasteiger partial charge in [0, 0.05) is 18.8 Å². The summed E-state index contributed by atoms with van der Waals surface area (Å²) in [6, 6.07) is 2.96. The molecule has 9 heteroatoms. The molecule has 0 bridgehead atoms. The zero-order valence-corrected chi connectivity index (χ0v) is 14.7. The number of sulfonamides is 1. The second-order valence-corrected chi connectivity index (χ2v) is 7.94.